The highest BCUT2D eigenvalue weighted by atomic mass is 79.9. The number of aliphatic carboxylic acids is 1. The van der Waals surface area contributed by atoms with E-state index in [1.54, 1.807) is 18.2 Å². The van der Waals surface area contributed by atoms with Crippen molar-refractivity contribution in [2.24, 2.45) is 5.10 Å². The molecule has 2 amide bonds. The van der Waals surface area contributed by atoms with Gasteiger partial charge in [0.25, 0.3) is 0 Å². The summed E-state index contributed by atoms with van der Waals surface area (Å²) in [4.78, 5) is 36.4. The van der Waals surface area contributed by atoms with Crippen LogP contribution >= 0.6 is 15.9 Å². The van der Waals surface area contributed by atoms with Crippen molar-refractivity contribution in [3.05, 3.63) is 46.0 Å². The van der Waals surface area contributed by atoms with Crippen molar-refractivity contribution in [3.63, 3.8) is 0 Å². The Morgan fingerprint density at radius 1 is 1.44 bits per heavy atom. The fourth-order valence-electron chi connectivity index (χ4n) is 3.84. The molecule has 2 aliphatic heterocycles. The quantitative estimate of drug-likeness (QED) is 0.501. The van der Waals surface area contributed by atoms with Crippen LogP contribution in [0.2, 0.25) is 0 Å². The lowest BCUT2D eigenvalue weighted by Crippen LogP contribution is -2.57. The van der Waals surface area contributed by atoms with Gasteiger partial charge in [0.1, 0.15) is 5.71 Å². The van der Waals surface area contributed by atoms with Crippen LogP contribution in [0.15, 0.2) is 39.9 Å². The average molecular weight is 504 g/mol. The van der Waals surface area contributed by atoms with E-state index in [9.17, 15) is 19.6 Å². The number of ether oxygens (including phenoxy) is 1. The molecule has 1 saturated heterocycles. The van der Waals surface area contributed by atoms with Crippen LogP contribution in [0.25, 0.3) is 0 Å². The topological polar surface area (TPSA) is 144 Å². The first-order valence-corrected chi connectivity index (χ1v) is 10.7. The van der Waals surface area contributed by atoms with E-state index in [2.05, 4.69) is 42.7 Å². The molecule has 1 atom stereocenters. The number of nitrogens with one attached hydrogen (secondary N) is 2. The third-order valence-corrected chi connectivity index (χ3v) is 5.98. The van der Waals surface area contributed by atoms with Crippen LogP contribution in [0, 0.1) is 11.3 Å². The maximum Gasteiger partial charge on any atom is 0.428 e. The van der Waals surface area contributed by atoms with Gasteiger partial charge in [0.05, 0.1) is 11.6 Å². The number of carboxylic acid groups (broad SMARTS) is 1. The molecule has 1 fully saturated rings. The van der Waals surface area contributed by atoms with E-state index in [1.165, 1.54) is 0 Å². The Bertz CT molecular complexity index is 1020. The number of nitrogens with zero attached hydrogens (tertiary/aromatic N) is 3. The number of halogens is 1. The summed E-state index contributed by atoms with van der Waals surface area (Å²) in [5.41, 5.74) is 3.15. The van der Waals surface area contributed by atoms with Gasteiger partial charge in [-0.1, -0.05) is 15.9 Å². The third-order valence-electron chi connectivity index (χ3n) is 5.29. The number of carbonyl (C=O) groups is 3. The van der Waals surface area contributed by atoms with Crippen LogP contribution in [0.1, 0.15) is 30.9 Å². The van der Waals surface area contributed by atoms with Gasteiger partial charge in [-0.2, -0.15) is 10.4 Å². The summed E-state index contributed by atoms with van der Waals surface area (Å²) in [6.07, 6.45) is 2.12. The number of nitriles is 1. The molecule has 1 aromatic rings. The minimum atomic E-state index is -1.19. The molecule has 0 saturated carbocycles. The summed E-state index contributed by atoms with van der Waals surface area (Å²) in [6, 6.07) is 7.06. The lowest BCUT2D eigenvalue weighted by Gasteiger charge is -2.43. The summed E-state index contributed by atoms with van der Waals surface area (Å²) in [7, 11) is 0. The SMILES string of the molecule is C[C@@H](CN1CCC2(CC1)OC(=O)NN=C2c1cc(C#N)ccc1Br)NC(=O)/C=C\C(=O)O. The number of carbonyl (C=O) groups excluding carboxylic acids is 2. The van der Waals surface area contributed by atoms with E-state index in [4.69, 9.17) is 9.84 Å². The zero-order valence-corrected chi connectivity index (χ0v) is 18.9. The van der Waals surface area contributed by atoms with Crippen molar-refractivity contribution in [1.29, 1.82) is 5.26 Å². The zero-order valence-electron chi connectivity index (χ0n) is 17.3. The monoisotopic (exact) mass is 503 g/mol. The molecule has 32 heavy (non-hydrogen) atoms. The molecule has 3 rings (SSSR count). The molecule has 2 aliphatic rings. The molecule has 11 heteroatoms. The van der Waals surface area contributed by atoms with E-state index < -0.39 is 23.6 Å². The van der Waals surface area contributed by atoms with E-state index >= 15 is 0 Å². The predicted octanol–water partition coefficient (Wildman–Crippen LogP) is 1.74. The van der Waals surface area contributed by atoms with Gasteiger partial charge < -0.3 is 20.1 Å². The predicted molar refractivity (Wildman–Crippen MR) is 118 cm³/mol. The summed E-state index contributed by atoms with van der Waals surface area (Å²) in [5, 5.41) is 24.9. The molecule has 0 unspecified atom stereocenters. The van der Waals surface area contributed by atoms with Gasteiger partial charge in [-0.3, -0.25) is 4.79 Å². The number of piperidine rings is 1. The lowest BCUT2D eigenvalue weighted by atomic mass is 9.82. The minimum Gasteiger partial charge on any atom is -0.478 e. The standard InChI is InChI=1S/C21H22BrN5O5/c1-13(24-17(28)4-5-18(29)30)12-27-8-6-21(7-9-27)19(25-26-20(31)32-21)15-10-14(11-23)2-3-16(15)22/h2-5,10,13H,6-9,12H2,1H3,(H,24,28)(H,26,31)(H,29,30)/b5-4-/t13-/m0/s1. The van der Waals surface area contributed by atoms with Gasteiger partial charge in [0, 0.05) is 60.7 Å². The number of carboxylic acids is 1. The second-order valence-corrected chi connectivity index (χ2v) is 8.50. The molecule has 168 valence electrons. The molecule has 10 nitrogen and oxygen atoms in total. The first kappa shape index (κ1) is 23.4. The Morgan fingerprint density at radius 2 is 2.16 bits per heavy atom. The molecule has 0 aromatic heterocycles. The highest BCUT2D eigenvalue weighted by Crippen LogP contribution is 2.35. The van der Waals surface area contributed by atoms with Crippen molar-refractivity contribution in [2.45, 2.75) is 31.4 Å². The molecule has 0 radical (unpaired) electrons. The maximum absolute atomic E-state index is 12.0. The van der Waals surface area contributed by atoms with Gasteiger partial charge in [0.15, 0.2) is 5.60 Å². The molecular formula is C21H22BrN5O5. The zero-order chi connectivity index (χ0) is 23.3. The normalized spacial score (nSPS) is 18.9. The van der Waals surface area contributed by atoms with Crippen LogP contribution in [-0.2, 0) is 14.3 Å². The van der Waals surface area contributed by atoms with Crippen LogP contribution in [-0.4, -0.2) is 65.0 Å². The number of amides is 2. The van der Waals surface area contributed by atoms with E-state index in [-0.39, 0.29) is 6.04 Å². The second-order valence-electron chi connectivity index (χ2n) is 7.64. The van der Waals surface area contributed by atoms with Crippen LogP contribution < -0.4 is 10.7 Å². The van der Waals surface area contributed by atoms with Crippen LogP contribution in [0.5, 0.6) is 0 Å². The minimum absolute atomic E-state index is 0.208. The highest BCUT2D eigenvalue weighted by molar-refractivity contribution is 9.10. The molecule has 2 heterocycles. The Balaban J connectivity index is 1.69. The first-order chi connectivity index (χ1) is 15.2. The fraction of sp³-hybridized carbons (Fsp3) is 0.381. The molecular weight excluding hydrogens is 482 g/mol. The molecule has 3 N–H and O–H groups in total. The van der Waals surface area contributed by atoms with E-state index in [0.717, 1.165) is 16.6 Å². The van der Waals surface area contributed by atoms with E-state index in [0.29, 0.717) is 49.3 Å². The summed E-state index contributed by atoms with van der Waals surface area (Å²) in [6.45, 7) is 3.56. The van der Waals surface area contributed by atoms with Crippen molar-refractivity contribution in [1.82, 2.24) is 15.6 Å². The molecule has 0 bridgehead atoms. The summed E-state index contributed by atoms with van der Waals surface area (Å²) in [5.74, 6) is -1.66. The fourth-order valence-corrected chi connectivity index (χ4v) is 4.27. The number of likely N-dealkylation sites (tertiary alicyclic amines) is 1. The Labute approximate surface area is 193 Å². The van der Waals surface area contributed by atoms with Crippen LogP contribution in [0.3, 0.4) is 0 Å². The summed E-state index contributed by atoms with van der Waals surface area (Å²) >= 11 is 3.50. The lowest BCUT2D eigenvalue weighted by molar-refractivity contribution is -0.131. The molecule has 1 aromatic carbocycles. The number of hydrogen-bond donors (Lipinski definition) is 3. The smallest absolute Gasteiger partial charge is 0.428 e. The Hall–Kier alpha value is -3.23. The van der Waals surface area contributed by atoms with Gasteiger partial charge in [-0.15, -0.1) is 0 Å². The van der Waals surface area contributed by atoms with Gasteiger partial charge in [-0.25, -0.2) is 15.0 Å². The number of rotatable bonds is 6. The van der Waals surface area contributed by atoms with Crippen molar-refractivity contribution >= 4 is 39.6 Å². The maximum atomic E-state index is 12.0. The highest BCUT2D eigenvalue weighted by Gasteiger charge is 2.46. The Kier molecular flexibility index (Phi) is 7.27. The number of hydrazone groups is 1. The number of benzene rings is 1. The number of hydrogen-bond acceptors (Lipinski definition) is 7. The van der Waals surface area contributed by atoms with Gasteiger partial charge in [-0.05, 0) is 25.1 Å². The molecule has 1 spiro atoms. The van der Waals surface area contributed by atoms with Gasteiger partial charge >= 0.3 is 12.1 Å². The van der Waals surface area contributed by atoms with Crippen LogP contribution in [0.4, 0.5) is 4.79 Å². The Morgan fingerprint density at radius 3 is 2.81 bits per heavy atom. The third kappa shape index (κ3) is 5.52. The summed E-state index contributed by atoms with van der Waals surface area (Å²) < 4.78 is 6.48. The van der Waals surface area contributed by atoms with Crippen molar-refractivity contribution in [3.8, 4) is 6.07 Å². The van der Waals surface area contributed by atoms with Crippen molar-refractivity contribution in [2.75, 3.05) is 19.6 Å². The first-order valence-electron chi connectivity index (χ1n) is 9.93. The second kappa shape index (κ2) is 9.93. The largest absolute Gasteiger partial charge is 0.478 e. The van der Waals surface area contributed by atoms with E-state index in [1.807, 2.05) is 6.92 Å². The van der Waals surface area contributed by atoms with Crippen molar-refractivity contribution < 1.29 is 24.2 Å². The van der Waals surface area contributed by atoms with Gasteiger partial charge in [0.2, 0.25) is 5.91 Å². The average Bonchev–Trinajstić information content (AvgIpc) is 2.75. The molecule has 0 aliphatic carbocycles.